The van der Waals surface area contributed by atoms with Crippen molar-refractivity contribution in [3.8, 4) is 11.1 Å². The number of hydrogen-bond donors (Lipinski definition) is 0. The van der Waals surface area contributed by atoms with Crippen molar-refractivity contribution in [3.05, 3.63) is 141 Å². The van der Waals surface area contributed by atoms with E-state index in [1.165, 1.54) is 34.4 Å². The summed E-state index contributed by atoms with van der Waals surface area (Å²) < 4.78 is 10.3. The molecule has 0 amide bonds. The van der Waals surface area contributed by atoms with Crippen LogP contribution >= 0.6 is 0 Å². The predicted molar refractivity (Wildman–Crippen MR) is 153 cm³/mol. The van der Waals surface area contributed by atoms with Crippen molar-refractivity contribution in [2.45, 2.75) is 30.8 Å². The number of hydrogen-bond acceptors (Lipinski definition) is 0. The van der Waals surface area contributed by atoms with Crippen LogP contribution in [0.3, 0.4) is 0 Å². The Balaban J connectivity index is 0.00000168. The first-order chi connectivity index (χ1) is 17.3. The molecule has 0 N–H and O–H groups in total. The normalized spacial score (nSPS) is 14.3. The van der Waals surface area contributed by atoms with Gasteiger partial charge in [0.15, 0.2) is 0 Å². The van der Waals surface area contributed by atoms with Gasteiger partial charge in [0.05, 0.1) is 0 Å². The van der Waals surface area contributed by atoms with Crippen LogP contribution in [0.5, 0.6) is 0 Å². The molecule has 0 spiro atoms. The largest absolute Gasteiger partial charge is 1.00 e. The zero-order valence-electron chi connectivity index (χ0n) is 22.3. The maximum absolute atomic E-state index is 5.63. The standard InChI is InChI=1S/C13H9.C9H13.2C6H5.CH2.2ClH.Zr/c1-3-7-12-10(5-1)9-11-6-2-4-8-13(11)12;1-9(2,3)8-6-4-5-7-8;2*1-2-4-6-5-3-1;;;;/h1-9H;6-7H,4H2,1-3H3;2*1-5H;1H2;2*1H;/q;;;;;;;+2/p-2. The van der Waals surface area contributed by atoms with Crippen molar-refractivity contribution < 1.29 is 43.1 Å². The van der Waals surface area contributed by atoms with Crippen molar-refractivity contribution in [1.82, 2.24) is 0 Å². The van der Waals surface area contributed by atoms with E-state index in [1.54, 1.807) is 3.28 Å². The molecule has 2 aliphatic carbocycles. The first-order valence-corrected chi connectivity index (χ1v) is 19.9. The average Bonchev–Trinajstić information content (AvgIpc) is 3.55. The summed E-state index contributed by atoms with van der Waals surface area (Å²) in [6, 6.07) is 40.9. The van der Waals surface area contributed by atoms with Crippen LogP contribution in [0.2, 0.25) is 0 Å². The fourth-order valence-electron chi connectivity index (χ4n) is 6.98. The smallest absolute Gasteiger partial charge is 1.00 e. The molecular formula is C35H34Cl2Zr. The minimum absolute atomic E-state index is 0. The molecule has 0 nitrogen and oxygen atoms in total. The summed E-state index contributed by atoms with van der Waals surface area (Å²) in [5, 5.41) is 0. The van der Waals surface area contributed by atoms with Gasteiger partial charge in [-0.3, -0.25) is 0 Å². The summed E-state index contributed by atoms with van der Waals surface area (Å²) in [5.41, 5.74) is 7.17. The number of allylic oxidation sites excluding steroid dienone is 4. The Labute approximate surface area is 241 Å². The molecule has 0 fully saturated rings. The van der Waals surface area contributed by atoms with Gasteiger partial charge in [0.25, 0.3) is 0 Å². The molecule has 0 bridgehead atoms. The molecule has 4 aromatic rings. The monoisotopic (exact) mass is 614 g/mol. The first-order valence-electron chi connectivity index (χ1n) is 13.1. The summed E-state index contributed by atoms with van der Waals surface area (Å²) >= 11 is -4.60. The van der Waals surface area contributed by atoms with E-state index in [2.05, 4.69) is 142 Å². The molecule has 4 aromatic carbocycles. The quantitative estimate of drug-likeness (QED) is 0.328. The molecule has 38 heavy (non-hydrogen) atoms. The SMILES string of the molecule is [CH2]=[Zr+2]([C]1=CC(C(C)(C)C)=CC1)([c]1ccccc1)([c]1ccccc1)[CH]1c2ccccc2-c2ccccc21.[Cl-].[Cl-]. The molecule has 0 aliphatic heterocycles. The van der Waals surface area contributed by atoms with E-state index in [1.807, 2.05) is 0 Å². The van der Waals surface area contributed by atoms with Crippen LogP contribution in [0.25, 0.3) is 11.1 Å². The summed E-state index contributed by atoms with van der Waals surface area (Å²) in [7, 11) is 0. The van der Waals surface area contributed by atoms with Crippen molar-refractivity contribution >= 4 is 10.8 Å². The van der Waals surface area contributed by atoms with E-state index >= 15 is 0 Å². The van der Waals surface area contributed by atoms with Crippen LogP contribution in [0.4, 0.5) is 0 Å². The van der Waals surface area contributed by atoms with Gasteiger partial charge in [0.1, 0.15) is 0 Å². The second-order valence-corrected chi connectivity index (χ2v) is 25.1. The van der Waals surface area contributed by atoms with E-state index in [9.17, 15) is 0 Å². The summed E-state index contributed by atoms with van der Waals surface area (Å²) in [6.45, 7) is 6.99. The Kier molecular flexibility index (Phi) is 7.81. The second-order valence-electron chi connectivity index (χ2n) is 11.7. The van der Waals surface area contributed by atoms with E-state index in [0.29, 0.717) is 0 Å². The molecule has 2 aliphatic rings. The second kappa shape index (κ2) is 10.3. The molecule has 0 atom stereocenters. The Hall–Kier alpha value is -2.31. The van der Waals surface area contributed by atoms with E-state index in [0.717, 1.165) is 6.42 Å². The minimum Gasteiger partial charge on any atom is -1.00 e. The van der Waals surface area contributed by atoms with Crippen LogP contribution in [0.1, 0.15) is 41.9 Å². The van der Waals surface area contributed by atoms with Crippen molar-refractivity contribution in [3.63, 3.8) is 0 Å². The van der Waals surface area contributed by atoms with Gasteiger partial charge in [-0.05, 0) is 0 Å². The van der Waals surface area contributed by atoms with Crippen LogP contribution in [-0.2, 0) is 18.3 Å². The molecule has 0 aromatic heterocycles. The van der Waals surface area contributed by atoms with Crippen LogP contribution in [-0.4, -0.2) is 4.21 Å². The van der Waals surface area contributed by atoms with Crippen LogP contribution in [0, 0.1) is 5.41 Å². The number of halogens is 2. The van der Waals surface area contributed by atoms with E-state index in [-0.39, 0.29) is 33.9 Å². The van der Waals surface area contributed by atoms with E-state index in [4.69, 9.17) is 4.21 Å². The number of benzene rings is 4. The molecule has 0 saturated carbocycles. The van der Waals surface area contributed by atoms with Crippen LogP contribution < -0.4 is 31.4 Å². The number of fused-ring (bicyclic) bond motifs is 3. The number of rotatable bonds is 4. The zero-order chi connectivity index (χ0) is 25.0. The van der Waals surface area contributed by atoms with Gasteiger partial charge in [-0.2, -0.15) is 0 Å². The third-order valence-electron chi connectivity index (χ3n) is 8.81. The van der Waals surface area contributed by atoms with Crippen molar-refractivity contribution in [2.24, 2.45) is 5.41 Å². The first kappa shape index (κ1) is 28.7. The van der Waals surface area contributed by atoms with Crippen molar-refractivity contribution in [1.29, 1.82) is 0 Å². The van der Waals surface area contributed by atoms with Gasteiger partial charge in [-0.15, -0.1) is 0 Å². The van der Waals surface area contributed by atoms with Gasteiger partial charge < -0.3 is 24.8 Å². The van der Waals surface area contributed by atoms with Gasteiger partial charge in [-0.1, -0.05) is 0 Å². The molecule has 6 rings (SSSR count). The van der Waals surface area contributed by atoms with Gasteiger partial charge >= 0.3 is 218 Å². The Morgan fingerprint density at radius 3 is 1.47 bits per heavy atom. The summed E-state index contributed by atoms with van der Waals surface area (Å²) in [4.78, 5) is 0. The molecule has 0 saturated heterocycles. The average molecular weight is 617 g/mol. The van der Waals surface area contributed by atoms with Crippen LogP contribution in [0.15, 0.2) is 130 Å². The Bertz CT molecular complexity index is 1500. The fourth-order valence-corrected chi connectivity index (χ4v) is 24.1. The minimum atomic E-state index is -4.60. The molecule has 3 heteroatoms. The fraction of sp³-hybridized carbons (Fsp3) is 0.171. The maximum atomic E-state index is 5.63. The Morgan fingerprint density at radius 2 is 1.05 bits per heavy atom. The zero-order valence-corrected chi connectivity index (χ0v) is 26.3. The molecular weight excluding hydrogens is 583 g/mol. The van der Waals surface area contributed by atoms with E-state index < -0.39 is 18.3 Å². The summed E-state index contributed by atoms with van der Waals surface area (Å²) in [6.07, 6.45) is 6.01. The molecule has 0 unspecified atom stereocenters. The molecule has 0 radical (unpaired) electrons. The van der Waals surface area contributed by atoms with Gasteiger partial charge in [0, 0.05) is 0 Å². The third-order valence-corrected chi connectivity index (χ3v) is 26.1. The molecule has 0 heterocycles. The van der Waals surface area contributed by atoms with Crippen molar-refractivity contribution in [2.75, 3.05) is 0 Å². The van der Waals surface area contributed by atoms with Gasteiger partial charge in [0.2, 0.25) is 0 Å². The predicted octanol–water partition coefficient (Wildman–Crippen LogP) is 1.80. The summed E-state index contributed by atoms with van der Waals surface area (Å²) in [5.74, 6) is 0. The molecule has 192 valence electrons. The van der Waals surface area contributed by atoms with Gasteiger partial charge in [-0.25, -0.2) is 0 Å². The topological polar surface area (TPSA) is 0 Å². The Morgan fingerprint density at radius 1 is 0.632 bits per heavy atom. The third kappa shape index (κ3) is 4.02. The maximum Gasteiger partial charge on any atom is -1.00 e.